The second kappa shape index (κ2) is 5.82. The summed E-state index contributed by atoms with van der Waals surface area (Å²) in [7, 11) is -3.55. The Labute approximate surface area is 168 Å². The van der Waals surface area contributed by atoms with E-state index in [1.807, 2.05) is 42.5 Å². The van der Waals surface area contributed by atoms with Crippen LogP contribution in [-0.4, -0.2) is 8.42 Å². The van der Waals surface area contributed by atoms with Gasteiger partial charge in [0, 0.05) is 10.8 Å². The second-order valence-electron chi connectivity index (χ2n) is 7.37. The molecular weight excluding hydrogens is 380 g/mol. The zero-order valence-corrected chi connectivity index (χ0v) is 16.2. The Bertz CT molecular complexity index is 1470. The maximum absolute atomic E-state index is 13.2. The van der Waals surface area contributed by atoms with Crippen LogP contribution < -0.4 is 0 Å². The van der Waals surface area contributed by atoms with Crippen molar-refractivity contribution in [3.05, 3.63) is 108 Å². The SMILES string of the molecule is O=S1(=O)c2ccccc2C(c2cc3ccc4ccccc4c3o2)c2ccccc21. The lowest BCUT2D eigenvalue weighted by molar-refractivity contribution is 0.533. The fourth-order valence-corrected chi connectivity index (χ4v) is 6.20. The first kappa shape index (κ1) is 16.6. The molecule has 0 aliphatic carbocycles. The number of furan rings is 1. The molecule has 0 saturated carbocycles. The molecule has 0 bridgehead atoms. The molecule has 0 N–H and O–H groups in total. The molecule has 140 valence electrons. The van der Waals surface area contributed by atoms with Gasteiger partial charge in [0.15, 0.2) is 0 Å². The van der Waals surface area contributed by atoms with Crippen LogP contribution in [0.4, 0.5) is 0 Å². The van der Waals surface area contributed by atoms with Gasteiger partial charge in [0.05, 0.1) is 15.7 Å². The number of rotatable bonds is 1. The summed E-state index contributed by atoms with van der Waals surface area (Å²) in [6.45, 7) is 0. The van der Waals surface area contributed by atoms with Crippen molar-refractivity contribution in [1.82, 2.24) is 0 Å². The normalized spacial score (nSPS) is 15.3. The zero-order chi connectivity index (χ0) is 19.6. The van der Waals surface area contributed by atoms with Crippen LogP contribution in [0.5, 0.6) is 0 Å². The lowest BCUT2D eigenvalue weighted by Crippen LogP contribution is -2.19. The van der Waals surface area contributed by atoms with E-state index >= 15 is 0 Å². The van der Waals surface area contributed by atoms with Crippen LogP contribution in [0.2, 0.25) is 0 Å². The van der Waals surface area contributed by atoms with Crippen molar-refractivity contribution in [3.63, 3.8) is 0 Å². The predicted octanol–water partition coefficient (Wildman–Crippen LogP) is 5.91. The van der Waals surface area contributed by atoms with Crippen molar-refractivity contribution in [3.8, 4) is 0 Å². The van der Waals surface area contributed by atoms with Gasteiger partial charge in [-0.1, -0.05) is 72.8 Å². The van der Waals surface area contributed by atoms with Crippen LogP contribution >= 0.6 is 0 Å². The molecule has 1 aromatic heterocycles. The minimum absolute atomic E-state index is 0.267. The Morgan fingerprint density at radius 1 is 0.655 bits per heavy atom. The molecule has 6 rings (SSSR count). The van der Waals surface area contributed by atoms with E-state index in [0.29, 0.717) is 9.79 Å². The average Bonchev–Trinajstić information content (AvgIpc) is 3.18. The van der Waals surface area contributed by atoms with E-state index < -0.39 is 9.84 Å². The molecule has 1 aliphatic rings. The molecule has 2 heterocycles. The van der Waals surface area contributed by atoms with Gasteiger partial charge in [-0.3, -0.25) is 0 Å². The second-order valence-corrected chi connectivity index (χ2v) is 9.25. The van der Waals surface area contributed by atoms with Gasteiger partial charge in [-0.2, -0.15) is 0 Å². The summed E-state index contributed by atoms with van der Waals surface area (Å²) in [5.74, 6) is 0.489. The van der Waals surface area contributed by atoms with Crippen molar-refractivity contribution in [2.45, 2.75) is 15.7 Å². The summed E-state index contributed by atoms with van der Waals surface area (Å²) < 4.78 is 32.8. The summed E-state index contributed by atoms with van der Waals surface area (Å²) in [5.41, 5.74) is 2.35. The summed E-state index contributed by atoms with van der Waals surface area (Å²) >= 11 is 0. The topological polar surface area (TPSA) is 47.3 Å². The molecule has 5 aromatic rings. The maximum Gasteiger partial charge on any atom is 0.207 e. The van der Waals surface area contributed by atoms with Crippen molar-refractivity contribution in [1.29, 1.82) is 0 Å². The van der Waals surface area contributed by atoms with E-state index in [-0.39, 0.29) is 5.92 Å². The quantitative estimate of drug-likeness (QED) is 0.347. The van der Waals surface area contributed by atoms with E-state index in [1.165, 1.54) is 0 Å². The van der Waals surface area contributed by atoms with Crippen molar-refractivity contribution in [2.75, 3.05) is 0 Å². The summed E-state index contributed by atoms with van der Waals surface area (Å²) in [6.07, 6.45) is 0. The van der Waals surface area contributed by atoms with Gasteiger partial charge in [-0.25, -0.2) is 8.42 Å². The minimum Gasteiger partial charge on any atom is -0.459 e. The molecule has 0 unspecified atom stereocenters. The number of hydrogen-bond acceptors (Lipinski definition) is 3. The first-order chi connectivity index (χ1) is 14.1. The lowest BCUT2D eigenvalue weighted by Gasteiger charge is -2.26. The number of fused-ring (bicyclic) bond motifs is 5. The third kappa shape index (κ3) is 2.26. The van der Waals surface area contributed by atoms with E-state index in [2.05, 4.69) is 24.3 Å². The monoisotopic (exact) mass is 396 g/mol. The molecule has 0 fully saturated rings. The molecule has 1 aliphatic heterocycles. The Kier molecular flexibility index (Phi) is 3.32. The van der Waals surface area contributed by atoms with Crippen molar-refractivity contribution in [2.24, 2.45) is 0 Å². The average molecular weight is 396 g/mol. The molecule has 0 atom stereocenters. The summed E-state index contributed by atoms with van der Waals surface area (Å²) in [5, 5.41) is 3.19. The summed E-state index contributed by atoms with van der Waals surface area (Å²) in [4.78, 5) is 0.711. The van der Waals surface area contributed by atoms with Crippen molar-refractivity contribution >= 4 is 31.6 Å². The van der Waals surface area contributed by atoms with Crippen LogP contribution in [0.3, 0.4) is 0 Å². The van der Waals surface area contributed by atoms with E-state index in [1.54, 1.807) is 24.3 Å². The van der Waals surface area contributed by atoms with Gasteiger partial charge in [-0.15, -0.1) is 0 Å². The summed E-state index contributed by atoms with van der Waals surface area (Å²) in [6, 6.07) is 28.8. The van der Waals surface area contributed by atoms with Gasteiger partial charge in [-0.05, 0) is 34.7 Å². The van der Waals surface area contributed by atoms with Gasteiger partial charge < -0.3 is 4.42 Å². The van der Waals surface area contributed by atoms with Gasteiger partial charge in [0.2, 0.25) is 9.84 Å². The third-order valence-corrected chi connectivity index (χ3v) is 7.65. The molecular formula is C25H16O3S. The lowest BCUT2D eigenvalue weighted by atomic mass is 9.88. The molecule has 0 amide bonds. The highest BCUT2D eigenvalue weighted by Gasteiger charge is 2.37. The molecule has 3 nitrogen and oxygen atoms in total. The fourth-order valence-electron chi connectivity index (χ4n) is 4.45. The fraction of sp³-hybridized carbons (Fsp3) is 0.0400. The number of hydrogen-bond donors (Lipinski definition) is 0. The van der Waals surface area contributed by atoms with Gasteiger partial charge in [0.1, 0.15) is 11.3 Å². The van der Waals surface area contributed by atoms with E-state index in [0.717, 1.165) is 38.6 Å². The Balaban J connectivity index is 1.68. The molecule has 4 heteroatoms. The molecule has 0 radical (unpaired) electrons. The zero-order valence-electron chi connectivity index (χ0n) is 15.4. The maximum atomic E-state index is 13.2. The van der Waals surface area contributed by atoms with Crippen LogP contribution in [0.1, 0.15) is 22.8 Å². The highest BCUT2D eigenvalue weighted by molar-refractivity contribution is 7.91. The highest BCUT2D eigenvalue weighted by atomic mass is 32.2. The molecule has 0 spiro atoms. The highest BCUT2D eigenvalue weighted by Crippen LogP contribution is 2.46. The Morgan fingerprint density at radius 2 is 1.24 bits per heavy atom. The van der Waals surface area contributed by atoms with Crippen LogP contribution in [0.15, 0.2) is 105 Å². The van der Waals surface area contributed by atoms with Gasteiger partial charge in [0.25, 0.3) is 0 Å². The van der Waals surface area contributed by atoms with Crippen LogP contribution in [0, 0.1) is 0 Å². The van der Waals surface area contributed by atoms with Crippen molar-refractivity contribution < 1.29 is 12.8 Å². The van der Waals surface area contributed by atoms with Crippen LogP contribution in [0.25, 0.3) is 21.7 Å². The standard InChI is InChI=1S/C25H16O3S/c26-29(27)22-11-5-3-9-19(22)24(20-10-4-6-12-23(20)29)21-15-17-14-13-16-7-1-2-8-18(16)25(17)28-21/h1-15,24H. The van der Waals surface area contributed by atoms with E-state index in [9.17, 15) is 8.42 Å². The largest absolute Gasteiger partial charge is 0.459 e. The molecule has 4 aromatic carbocycles. The predicted molar refractivity (Wildman–Crippen MR) is 113 cm³/mol. The first-order valence-corrected chi connectivity index (χ1v) is 11.0. The van der Waals surface area contributed by atoms with Crippen LogP contribution in [-0.2, 0) is 9.84 Å². The third-order valence-electron chi connectivity index (χ3n) is 5.75. The number of benzene rings is 4. The number of sulfone groups is 1. The molecule has 29 heavy (non-hydrogen) atoms. The Hall–Kier alpha value is -3.37. The minimum atomic E-state index is -3.55. The van der Waals surface area contributed by atoms with E-state index in [4.69, 9.17) is 4.42 Å². The Morgan fingerprint density at radius 3 is 1.97 bits per heavy atom. The van der Waals surface area contributed by atoms with Gasteiger partial charge >= 0.3 is 0 Å². The molecule has 0 saturated heterocycles. The smallest absolute Gasteiger partial charge is 0.207 e. The first-order valence-electron chi connectivity index (χ1n) is 9.49.